The van der Waals surface area contributed by atoms with Crippen LogP contribution >= 0.6 is 0 Å². The Hall–Kier alpha value is -1.35. The van der Waals surface area contributed by atoms with Crippen molar-refractivity contribution in [1.82, 2.24) is 14.7 Å². The van der Waals surface area contributed by atoms with E-state index in [4.69, 9.17) is 0 Å². The van der Waals surface area contributed by atoms with Gasteiger partial charge < -0.3 is 9.72 Å². The van der Waals surface area contributed by atoms with Crippen LogP contribution in [0.1, 0.15) is 49.9 Å². The molecule has 0 aromatic carbocycles. The molecule has 3 nitrogen and oxygen atoms in total. The van der Waals surface area contributed by atoms with E-state index < -0.39 is 0 Å². The number of nitrogens with one attached hydrogen (secondary N) is 1. The highest BCUT2D eigenvalue weighted by Crippen LogP contribution is 2.18. The SMILES string of the molecule is Cc1nc2ccccn2c1CNC1CCCCCC1. The maximum atomic E-state index is 4.62. The lowest BCUT2D eigenvalue weighted by atomic mass is 10.1. The standard InChI is InChI=1S/C16H23N3/c1-13-15(19-11-7-6-10-16(19)18-13)12-17-14-8-4-2-3-5-9-14/h6-7,10-11,14,17H,2-5,8-9,12H2,1H3. The molecular formula is C16H23N3. The Morgan fingerprint density at radius 2 is 2.00 bits per heavy atom. The van der Waals surface area contributed by atoms with Crippen molar-refractivity contribution in [3.05, 3.63) is 35.8 Å². The van der Waals surface area contributed by atoms with E-state index >= 15 is 0 Å². The Bertz CT molecular complexity index is 536. The molecule has 0 amide bonds. The van der Waals surface area contributed by atoms with Crippen molar-refractivity contribution in [2.75, 3.05) is 0 Å². The van der Waals surface area contributed by atoms with Crippen LogP contribution in [0.3, 0.4) is 0 Å². The van der Waals surface area contributed by atoms with Crippen molar-refractivity contribution in [3.8, 4) is 0 Å². The summed E-state index contributed by atoms with van der Waals surface area (Å²) in [6.07, 6.45) is 10.3. The van der Waals surface area contributed by atoms with Gasteiger partial charge >= 0.3 is 0 Å². The molecule has 0 bridgehead atoms. The Balaban J connectivity index is 1.72. The highest BCUT2D eigenvalue weighted by Gasteiger charge is 2.13. The fourth-order valence-corrected chi connectivity index (χ4v) is 3.10. The van der Waals surface area contributed by atoms with Gasteiger partial charge in [-0.3, -0.25) is 0 Å². The lowest BCUT2D eigenvalue weighted by Gasteiger charge is -2.16. The number of imidazole rings is 1. The molecule has 3 rings (SSSR count). The number of hydrogen-bond donors (Lipinski definition) is 1. The van der Waals surface area contributed by atoms with Crippen molar-refractivity contribution in [2.45, 2.75) is 58.0 Å². The first-order valence-corrected chi connectivity index (χ1v) is 7.50. The molecule has 1 N–H and O–H groups in total. The smallest absolute Gasteiger partial charge is 0.137 e. The van der Waals surface area contributed by atoms with Gasteiger partial charge in [-0.15, -0.1) is 0 Å². The van der Waals surface area contributed by atoms with E-state index in [1.165, 1.54) is 44.2 Å². The van der Waals surface area contributed by atoms with E-state index in [2.05, 4.69) is 40.0 Å². The summed E-state index contributed by atoms with van der Waals surface area (Å²) in [5, 5.41) is 3.74. The number of rotatable bonds is 3. The first kappa shape index (κ1) is 12.7. The molecule has 0 spiro atoms. The minimum absolute atomic E-state index is 0.691. The quantitative estimate of drug-likeness (QED) is 0.853. The predicted molar refractivity (Wildman–Crippen MR) is 78.3 cm³/mol. The monoisotopic (exact) mass is 257 g/mol. The number of nitrogens with zero attached hydrogens (tertiary/aromatic N) is 2. The zero-order chi connectivity index (χ0) is 13.1. The summed E-state index contributed by atoms with van der Waals surface area (Å²) in [7, 11) is 0. The Morgan fingerprint density at radius 3 is 2.79 bits per heavy atom. The number of hydrogen-bond acceptors (Lipinski definition) is 2. The number of aromatic nitrogens is 2. The highest BCUT2D eigenvalue weighted by molar-refractivity contribution is 5.42. The molecule has 1 aliphatic carbocycles. The van der Waals surface area contributed by atoms with E-state index in [1.54, 1.807) is 0 Å². The molecule has 1 fully saturated rings. The van der Waals surface area contributed by atoms with Gasteiger partial charge in [0.1, 0.15) is 5.65 Å². The third-order valence-corrected chi connectivity index (χ3v) is 4.24. The van der Waals surface area contributed by atoms with Gasteiger partial charge in [-0.2, -0.15) is 0 Å². The molecule has 2 heterocycles. The van der Waals surface area contributed by atoms with E-state index in [0.717, 1.165) is 17.9 Å². The second kappa shape index (κ2) is 5.74. The highest BCUT2D eigenvalue weighted by atomic mass is 15.0. The van der Waals surface area contributed by atoms with Gasteiger partial charge in [0.05, 0.1) is 11.4 Å². The molecule has 1 aliphatic rings. The molecule has 2 aromatic rings. The molecule has 1 saturated carbocycles. The summed E-state index contributed by atoms with van der Waals surface area (Å²) < 4.78 is 2.21. The second-order valence-corrected chi connectivity index (χ2v) is 5.64. The van der Waals surface area contributed by atoms with Crippen LogP contribution in [0.25, 0.3) is 5.65 Å². The maximum Gasteiger partial charge on any atom is 0.137 e. The zero-order valence-electron chi connectivity index (χ0n) is 11.7. The fourth-order valence-electron chi connectivity index (χ4n) is 3.10. The number of fused-ring (bicyclic) bond motifs is 1. The molecule has 3 heteroatoms. The molecule has 0 unspecified atom stereocenters. The van der Waals surface area contributed by atoms with Gasteiger partial charge in [0.2, 0.25) is 0 Å². The van der Waals surface area contributed by atoms with E-state index in [1.807, 2.05) is 6.07 Å². The van der Waals surface area contributed by atoms with Gasteiger partial charge in [-0.1, -0.05) is 31.7 Å². The Morgan fingerprint density at radius 1 is 1.21 bits per heavy atom. The lowest BCUT2D eigenvalue weighted by Crippen LogP contribution is -2.28. The summed E-state index contributed by atoms with van der Waals surface area (Å²) in [5.41, 5.74) is 3.50. The molecular weight excluding hydrogens is 234 g/mol. The van der Waals surface area contributed by atoms with E-state index in [-0.39, 0.29) is 0 Å². The summed E-state index contributed by atoms with van der Waals surface area (Å²) in [6, 6.07) is 6.88. The largest absolute Gasteiger partial charge is 0.308 e. The van der Waals surface area contributed by atoms with E-state index in [0.29, 0.717) is 6.04 Å². The topological polar surface area (TPSA) is 29.3 Å². The van der Waals surface area contributed by atoms with Crippen LogP contribution in [0.5, 0.6) is 0 Å². The summed E-state index contributed by atoms with van der Waals surface area (Å²) in [4.78, 5) is 4.62. The minimum Gasteiger partial charge on any atom is -0.308 e. The molecule has 0 aliphatic heterocycles. The van der Waals surface area contributed by atoms with Crippen molar-refractivity contribution < 1.29 is 0 Å². The number of pyridine rings is 1. The summed E-state index contributed by atoms with van der Waals surface area (Å²) in [5.74, 6) is 0. The van der Waals surface area contributed by atoms with Crippen LogP contribution in [-0.2, 0) is 6.54 Å². The average Bonchev–Trinajstić information content (AvgIpc) is 2.61. The van der Waals surface area contributed by atoms with Crippen molar-refractivity contribution >= 4 is 5.65 Å². The van der Waals surface area contributed by atoms with Crippen molar-refractivity contribution in [2.24, 2.45) is 0 Å². The molecule has 102 valence electrons. The second-order valence-electron chi connectivity index (χ2n) is 5.64. The van der Waals surface area contributed by atoms with Crippen LogP contribution in [0.15, 0.2) is 24.4 Å². The molecule has 19 heavy (non-hydrogen) atoms. The molecule has 0 saturated heterocycles. The van der Waals surface area contributed by atoms with Gasteiger partial charge in [0, 0.05) is 18.8 Å². The average molecular weight is 257 g/mol. The zero-order valence-corrected chi connectivity index (χ0v) is 11.7. The van der Waals surface area contributed by atoms with Crippen LogP contribution in [-0.4, -0.2) is 15.4 Å². The van der Waals surface area contributed by atoms with Gasteiger partial charge in [-0.05, 0) is 31.9 Å². The van der Waals surface area contributed by atoms with Crippen molar-refractivity contribution in [1.29, 1.82) is 0 Å². The summed E-state index contributed by atoms with van der Waals surface area (Å²) in [6.45, 7) is 3.04. The lowest BCUT2D eigenvalue weighted by molar-refractivity contribution is 0.455. The first-order valence-electron chi connectivity index (χ1n) is 7.50. The van der Waals surface area contributed by atoms with Crippen LogP contribution < -0.4 is 5.32 Å². The summed E-state index contributed by atoms with van der Waals surface area (Å²) >= 11 is 0. The Kier molecular flexibility index (Phi) is 3.83. The molecule has 0 atom stereocenters. The normalized spacial score (nSPS) is 17.7. The third-order valence-electron chi connectivity index (χ3n) is 4.24. The Labute approximate surface area is 115 Å². The van der Waals surface area contributed by atoms with Crippen molar-refractivity contribution in [3.63, 3.8) is 0 Å². The first-order chi connectivity index (χ1) is 9.34. The minimum atomic E-state index is 0.691. The third kappa shape index (κ3) is 2.81. The van der Waals surface area contributed by atoms with Crippen LogP contribution in [0.4, 0.5) is 0 Å². The maximum absolute atomic E-state index is 4.62. The molecule has 0 radical (unpaired) electrons. The van der Waals surface area contributed by atoms with Gasteiger partial charge in [0.25, 0.3) is 0 Å². The van der Waals surface area contributed by atoms with Crippen LogP contribution in [0.2, 0.25) is 0 Å². The van der Waals surface area contributed by atoms with Crippen LogP contribution in [0, 0.1) is 6.92 Å². The fraction of sp³-hybridized carbons (Fsp3) is 0.562. The van der Waals surface area contributed by atoms with Gasteiger partial charge in [0.15, 0.2) is 0 Å². The van der Waals surface area contributed by atoms with E-state index in [9.17, 15) is 0 Å². The number of aryl methyl sites for hydroxylation is 1. The van der Waals surface area contributed by atoms with Gasteiger partial charge in [-0.25, -0.2) is 4.98 Å². The predicted octanol–water partition coefficient (Wildman–Crippen LogP) is 3.46. The molecule has 2 aromatic heterocycles.